The lowest BCUT2D eigenvalue weighted by atomic mass is 9.97. The minimum atomic E-state index is -1.63. The Hall–Kier alpha value is -4.85. The summed E-state index contributed by atoms with van der Waals surface area (Å²) in [4.78, 5) is 71.1. The Bertz CT molecular complexity index is 1290. The van der Waals surface area contributed by atoms with Crippen LogP contribution in [0.3, 0.4) is 0 Å². The van der Waals surface area contributed by atoms with Crippen LogP contribution in [0.5, 0.6) is 5.75 Å². The Morgan fingerprint density at radius 3 is 1.70 bits per heavy atom. The van der Waals surface area contributed by atoms with Crippen molar-refractivity contribution in [3.63, 3.8) is 0 Å². The topological polar surface area (TPSA) is 184 Å². The smallest absolute Gasteiger partial charge is 0.339 e. The molecule has 0 N–H and O–H groups in total. The van der Waals surface area contributed by atoms with Gasteiger partial charge in [0.15, 0.2) is 24.1 Å². The van der Waals surface area contributed by atoms with E-state index in [1.165, 1.54) is 48.5 Å². The first kappa shape index (κ1) is 29.7. The molecule has 1 aliphatic heterocycles. The average Bonchev–Trinajstić information content (AvgIpc) is 2.90. The molecule has 0 amide bonds. The van der Waals surface area contributed by atoms with E-state index in [0.717, 1.165) is 27.9 Å². The lowest BCUT2D eigenvalue weighted by Gasteiger charge is -2.43. The van der Waals surface area contributed by atoms with Crippen LogP contribution in [0.15, 0.2) is 48.5 Å². The van der Waals surface area contributed by atoms with E-state index in [1.54, 1.807) is 0 Å². The Morgan fingerprint density at radius 1 is 0.750 bits per heavy atom. The van der Waals surface area contributed by atoms with Gasteiger partial charge in [0, 0.05) is 44.0 Å². The van der Waals surface area contributed by atoms with Crippen molar-refractivity contribution in [1.82, 2.24) is 0 Å². The molecule has 212 valence electrons. The van der Waals surface area contributed by atoms with Crippen molar-refractivity contribution in [3.8, 4) is 5.75 Å². The number of rotatable bonds is 9. The van der Waals surface area contributed by atoms with Crippen molar-refractivity contribution in [2.45, 2.75) is 51.5 Å². The summed E-state index contributed by atoms with van der Waals surface area (Å²) in [5, 5.41) is 10.8. The second kappa shape index (κ2) is 12.8. The third kappa shape index (κ3) is 7.17. The minimum absolute atomic E-state index is 0.0959. The van der Waals surface area contributed by atoms with Gasteiger partial charge in [-0.15, -0.1) is 0 Å². The molecule has 0 saturated carbocycles. The fourth-order valence-electron chi connectivity index (χ4n) is 3.89. The van der Waals surface area contributed by atoms with Crippen molar-refractivity contribution in [3.05, 3.63) is 69.8 Å². The third-order valence-corrected chi connectivity index (χ3v) is 5.54. The number of ketones is 1. The van der Waals surface area contributed by atoms with Gasteiger partial charge in [0.2, 0.25) is 12.4 Å². The first-order valence-corrected chi connectivity index (χ1v) is 11.7. The molecule has 0 radical (unpaired) electrons. The zero-order valence-corrected chi connectivity index (χ0v) is 21.8. The lowest BCUT2D eigenvalue weighted by Crippen LogP contribution is -2.64. The van der Waals surface area contributed by atoms with Crippen LogP contribution in [-0.2, 0) is 42.9 Å². The van der Waals surface area contributed by atoms with E-state index >= 15 is 0 Å². The Kier molecular flexibility index (Phi) is 9.50. The molecule has 14 nitrogen and oxygen atoms in total. The van der Waals surface area contributed by atoms with Gasteiger partial charge in [-0.05, 0) is 36.4 Å². The van der Waals surface area contributed by atoms with Crippen LogP contribution in [0.4, 0.5) is 5.69 Å². The maximum atomic E-state index is 12.8. The van der Waals surface area contributed by atoms with Gasteiger partial charge in [-0.25, -0.2) is 4.79 Å². The SMILES string of the molecule is COC(=O)[C@H]1O[C@@H](Oc2ccc(C(=O)c3ccc([N+](=O)[O-])cc3)cc2)[C@H](OC(C)=O)[C@@H](OC(C)=O)[C@@H]1OC(C)=O. The lowest BCUT2D eigenvalue weighted by molar-refractivity contribution is -0.384. The zero-order chi connectivity index (χ0) is 29.6. The van der Waals surface area contributed by atoms with Gasteiger partial charge in [-0.1, -0.05) is 0 Å². The van der Waals surface area contributed by atoms with Crippen LogP contribution in [0.25, 0.3) is 0 Å². The molecule has 0 bridgehead atoms. The van der Waals surface area contributed by atoms with E-state index in [0.29, 0.717) is 0 Å². The fraction of sp³-hybridized carbons (Fsp3) is 0.346. The number of nitro groups is 1. The molecule has 0 spiro atoms. The number of hydrogen-bond acceptors (Lipinski definition) is 13. The van der Waals surface area contributed by atoms with Gasteiger partial charge < -0.3 is 28.4 Å². The summed E-state index contributed by atoms with van der Waals surface area (Å²) in [5.41, 5.74) is 0.275. The summed E-state index contributed by atoms with van der Waals surface area (Å²) in [7, 11) is 1.06. The van der Waals surface area contributed by atoms with Gasteiger partial charge in [0.05, 0.1) is 12.0 Å². The normalized spacial score (nSPS) is 21.9. The molecule has 1 aliphatic rings. The first-order chi connectivity index (χ1) is 18.9. The maximum absolute atomic E-state index is 12.8. The van der Waals surface area contributed by atoms with Crippen LogP contribution in [0.1, 0.15) is 36.7 Å². The standard InChI is InChI=1S/C26H25NO13/c1-13(28)36-21-22(37-14(2)29)24(38-15(3)30)26(40-23(21)25(32)35-4)39-19-11-7-17(8-12-19)20(31)16-5-9-18(10-6-16)27(33)34/h5-12,21-24,26H,1-4H3/t21-,22-,23-,24+,26+/m0/s1. The molecule has 2 aromatic carbocycles. The zero-order valence-electron chi connectivity index (χ0n) is 21.8. The number of ether oxygens (including phenoxy) is 6. The molecular formula is C26H25NO13. The van der Waals surface area contributed by atoms with Crippen molar-refractivity contribution in [2.24, 2.45) is 0 Å². The molecule has 1 heterocycles. The van der Waals surface area contributed by atoms with Crippen molar-refractivity contribution in [2.75, 3.05) is 7.11 Å². The second-order valence-corrected chi connectivity index (χ2v) is 8.45. The fourth-order valence-corrected chi connectivity index (χ4v) is 3.89. The summed E-state index contributed by atoms with van der Waals surface area (Å²) in [6, 6.07) is 10.7. The summed E-state index contributed by atoms with van der Waals surface area (Å²) >= 11 is 0. The summed E-state index contributed by atoms with van der Waals surface area (Å²) in [6.45, 7) is 3.20. The van der Waals surface area contributed by atoms with Gasteiger partial charge in [0.1, 0.15) is 5.75 Å². The highest BCUT2D eigenvalue weighted by atomic mass is 16.7. The number of benzene rings is 2. The van der Waals surface area contributed by atoms with Gasteiger partial charge in [0.25, 0.3) is 5.69 Å². The maximum Gasteiger partial charge on any atom is 0.339 e. The molecule has 2 aromatic rings. The van der Waals surface area contributed by atoms with E-state index in [-0.39, 0.29) is 22.6 Å². The summed E-state index contributed by atoms with van der Waals surface area (Å²) < 4.78 is 32.0. The van der Waals surface area contributed by atoms with Crippen LogP contribution >= 0.6 is 0 Å². The Morgan fingerprint density at radius 2 is 1.23 bits per heavy atom. The molecule has 3 rings (SSSR count). The number of carbonyl (C=O) groups is 5. The molecule has 0 aliphatic carbocycles. The highest BCUT2D eigenvalue weighted by Gasteiger charge is 2.55. The number of non-ortho nitro benzene ring substituents is 1. The highest BCUT2D eigenvalue weighted by molar-refractivity contribution is 6.09. The van der Waals surface area contributed by atoms with Crippen molar-refractivity contribution in [1.29, 1.82) is 0 Å². The molecule has 5 atom stereocenters. The Balaban J connectivity index is 1.90. The third-order valence-electron chi connectivity index (χ3n) is 5.54. The number of hydrogen-bond donors (Lipinski definition) is 0. The molecular weight excluding hydrogens is 534 g/mol. The molecule has 0 aromatic heterocycles. The highest BCUT2D eigenvalue weighted by Crippen LogP contribution is 2.31. The van der Waals surface area contributed by atoms with E-state index in [9.17, 15) is 34.1 Å². The summed E-state index contributed by atoms with van der Waals surface area (Å²) in [6.07, 6.45) is -7.73. The van der Waals surface area contributed by atoms with E-state index in [2.05, 4.69) is 0 Å². The van der Waals surface area contributed by atoms with E-state index < -0.39 is 65.3 Å². The predicted molar refractivity (Wildman–Crippen MR) is 131 cm³/mol. The summed E-state index contributed by atoms with van der Waals surface area (Å²) in [5.74, 6) is -3.80. The minimum Gasteiger partial charge on any atom is -0.467 e. The van der Waals surface area contributed by atoms with Crippen LogP contribution in [0.2, 0.25) is 0 Å². The number of methoxy groups -OCH3 is 1. The van der Waals surface area contributed by atoms with Gasteiger partial charge in [-0.2, -0.15) is 0 Å². The quantitative estimate of drug-likeness (QED) is 0.143. The molecule has 0 unspecified atom stereocenters. The largest absolute Gasteiger partial charge is 0.467 e. The van der Waals surface area contributed by atoms with Crippen LogP contribution in [-0.4, -0.2) is 72.4 Å². The van der Waals surface area contributed by atoms with Gasteiger partial charge >= 0.3 is 23.9 Å². The second-order valence-electron chi connectivity index (χ2n) is 8.45. The molecule has 1 saturated heterocycles. The number of carbonyl (C=O) groups excluding carboxylic acids is 5. The monoisotopic (exact) mass is 559 g/mol. The molecule has 1 fully saturated rings. The van der Waals surface area contributed by atoms with Gasteiger partial charge in [-0.3, -0.25) is 29.3 Å². The average molecular weight is 559 g/mol. The molecule has 14 heteroatoms. The Labute approximate surface area is 227 Å². The number of esters is 4. The first-order valence-electron chi connectivity index (χ1n) is 11.7. The van der Waals surface area contributed by atoms with E-state index in [4.69, 9.17) is 28.4 Å². The predicted octanol–water partition coefficient (Wildman–Crippen LogP) is 1.90. The van der Waals surface area contributed by atoms with E-state index in [1.807, 2.05) is 0 Å². The van der Waals surface area contributed by atoms with Crippen LogP contribution < -0.4 is 4.74 Å². The number of nitrogens with zero attached hydrogens (tertiary/aromatic N) is 1. The number of nitro benzene ring substituents is 1. The van der Waals surface area contributed by atoms with Crippen LogP contribution in [0, 0.1) is 10.1 Å². The molecule has 40 heavy (non-hydrogen) atoms. The van der Waals surface area contributed by atoms with Crippen molar-refractivity contribution < 1.29 is 57.3 Å². The van der Waals surface area contributed by atoms with Crippen molar-refractivity contribution >= 4 is 35.3 Å².